The third kappa shape index (κ3) is 4.72. The van der Waals surface area contributed by atoms with Crippen LogP contribution < -0.4 is 10.3 Å². The van der Waals surface area contributed by atoms with Crippen molar-refractivity contribution >= 4 is 40.7 Å². The lowest BCUT2D eigenvalue weighted by Crippen LogP contribution is -2.28. The molecule has 0 bridgehead atoms. The molecule has 6 heteroatoms. The summed E-state index contributed by atoms with van der Waals surface area (Å²) in [6.07, 6.45) is 0.633. The molecule has 0 aliphatic heterocycles. The molecule has 1 unspecified atom stereocenters. The number of thiophene rings is 1. The maximum Gasteiger partial charge on any atom is 0.234 e. The van der Waals surface area contributed by atoms with E-state index in [2.05, 4.69) is 10.4 Å². The molecule has 142 valence electrons. The van der Waals surface area contributed by atoms with E-state index in [-0.39, 0.29) is 5.91 Å². The fraction of sp³-hybridized carbons (Fsp3) is 0.136. The maximum absolute atomic E-state index is 12.7. The van der Waals surface area contributed by atoms with Gasteiger partial charge in [0.2, 0.25) is 12.3 Å². The number of amides is 2. The molecule has 1 heterocycles. The molecule has 3 rings (SSSR count). The summed E-state index contributed by atoms with van der Waals surface area (Å²) in [4.78, 5) is 25.2. The molecule has 0 aliphatic carbocycles. The number of hydrogen-bond donors (Lipinski definition) is 1. The summed E-state index contributed by atoms with van der Waals surface area (Å²) in [5.41, 5.74) is 2.98. The number of para-hydroxylation sites is 1. The van der Waals surface area contributed by atoms with Crippen LogP contribution in [0, 0.1) is 5.92 Å². The number of carbonyl (C=O) groups excluding carboxylic acids is 2. The van der Waals surface area contributed by atoms with Crippen LogP contribution in [-0.4, -0.2) is 18.0 Å². The fourth-order valence-electron chi connectivity index (χ4n) is 2.61. The monoisotopic (exact) mass is 391 g/mol. The average molecular weight is 391 g/mol. The van der Waals surface area contributed by atoms with Crippen molar-refractivity contribution < 1.29 is 9.59 Å². The first-order chi connectivity index (χ1) is 13.6. The lowest BCUT2D eigenvalue weighted by Gasteiger charge is -2.16. The van der Waals surface area contributed by atoms with Crippen LogP contribution in [0.3, 0.4) is 0 Å². The molecule has 0 saturated carbocycles. The number of rotatable bonds is 7. The van der Waals surface area contributed by atoms with Crippen LogP contribution in [0.25, 0.3) is 10.4 Å². The number of hydrazone groups is 1. The Morgan fingerprint density at radius 2 is 1.89 bits per heavy atom. The molecular weight excluding hydrogens is 370 g/mol. The second-order valence-electron chi connectivity index (χ2n) is 6.30. The molecule has 3 aromatic rings. The van der Waals surface area contributed by atoms with Crippen molar-refractivity contribution in [3.8, 4) is 10.4 Å². The molecule has 5 nitrogen and oxygen atoms in total. The fourth-order valence-corrected chi connectivity index (χ4v) is 3.34. The Hall–Kier alpha value is -3.25. The van der Waals surface area contributed by atoms with E-state index in [0.29, 0.717) is 17.8 Å². The van der Waals surface area contributed by atoms with Gasteiger partial charge in [-0.1, -0.05) is 36.4 Å². The molecule has 28 heavy (non-hydrogen) atoms. The van der Waals surface area contributed by atoms with Gasteiger partial charge in [0.15, 0.2) is 0 Å². The first-order valence-electron chi connectivity index (χ1n) is 8.88. The molecule has 0 aliphatic rings. The van der Waals surface area contributed by atoms with Gasteiger partial charge in [-0.25, -0.2) is 5.01 Å². The van der Waals surface area contributed by atoms with Gasteiger partial charge >= 0.3 is 0 Å². The highest BCUT2D eigenvalue weighted by Crippen LogP contribution is 2.27. The van der Waals surface area contributed by atoms with Gasteiger partial charge < -0.3 is 5.32 Å². The molecule has 2 aromatic carbocycles. The van der Waals surface area contributed by atoms with Crippen molar-refractivity contribution in [2.24, 2.45) is 11.0 Å². The van der Waals surface area contributed by atoms with Crippen molar-refractivity contribution in [3.63, 3.8) is 0 Å². The molecule has 1 aromatic heterocycles. The minimum Gasteiger partial charge on any atom is -0.326 e. The van der Waals surface area contributed by atoms with E-state index in [1.807, 2.05) is 60.0 Å². The number of nitrogens with zero attached hydrogens (tertiary/aromatic N) is 2. The standard InChI is InChI=1S/C22H21N3O2S/c1-16(17(2)24-25(15-26)20-10-4-3-5-11-20)22(27)23-19-9-6-8-18(14-19)21-12-7-13-28-21/h3-16H,1-2H3,(H,23,27)/b24-17-. The van der Waals surface area contributed by atoms with E-state index in [1.165, 1.54) is 5.01 Å². The minimum atomic E-state index is -0.489. The summed E-state index contributed by atoms with van der Waals surface area (Å²) < 4.78 is 0. The topological polar surface area (TPSA) is 61.8 Å². The highest BCUT2D eigenvalue weighted by molar-refractivity contribution is 7.13. The maximum atomic E-state index is 12.7. The van der Waals surface area contributed by atoms with Crippen LogP contribution in [0.1, 0.15) is 13.8 Å². The highest BCUT2D eigenvalue weighted by atomic mass is 32.1. The van der Waals surface area contributed by atoms with Gasteiger partial charge in [-0.2, -0.15) is 5.10 Å². The van der Waals surface area contributed by atoms with Crippen LogP contribution >= 0.6 is 11.3 Å². The number of benzene rings is 2. The van der Waals surface area contributed by atoms with Crippen LogP contribution in [-0.2, 0) is 9.59 Å². The summed E-state index contributed by atoms with van der Waals surface area (Å²) in [6, 6.07) is 20.9. The Kier molecular flexibility index (Phi) is 6.34. The normalized spacial score (nSPS) is 12.3. The summed E-state index contributed by atoms with van der Waals surface area (Å²) in [6.45, 7) is 3.51. The predicted molar refractivity (Wildman–Crippen MR) is 116 cm³/mol. The lowest BCUT2D eigenvalue weighted by atomic mass is 10.1. The molecule has 0 radical (unpaired) electrons. The zero-order chi connectivity index (χ0) is 19.9. The quantitative estimate of drug-likeness (QED) is 0.349. The van der Waals surface area contributed by atoms with Gasteiger partial charge in [-0.05, 0) is 55.1 Å². The van der Waals surface area contributed by atoms with Crippen LogP contribution in [0.2, 0.25) is 0 Å². The summed E-state index contributed by atoms with van der Waals surface area (Å²) >= 11 is 1.65. The zero-order valence-electron chi connectivity index (χ0n) is 15.7. The first kappa shape index (κ1) is 19.5. The largest absolute Gasteiger partial charge is 0.326 e. The van der Waals surface area contributed by atoms with Gasteiger partial charge in [-0.15, -0.1) is 11.3 Å². The van der Waals surface area contributed by atoms with E-state index in [9.17, 15) is 9.59 Å². The summed E-state index contributed by atoms with van der Waals surface area (Å²) in [5, 5.41) is 10.5. The van der Waals surface area contributed by atoms with Crippen LogP contribution in [0.15, 0.2) is 77.2 Å². The molecular formula is C22H21N3O2S. The Morgan fingerprint density at radius 3 is 2.57 bits per heavy atom. The zero-order valence-corrected chi connectivity index (χ0v) is 16.5. The number of nitrogens with one attached hydrogen (secondary N) is 1. The Labute approximate surface area is 168 Å². The average Bonchev–Trinajstić information content (AvgIpc) is 3.27. The number of anilines is 2. The van der Waals surface area contributed by atoms with E-state index >= 15 is 0 Å². The van der Waals surface area contributed by atoms with Crippen molar-refractivity contribution in [3.05, 3.63) is 72.1 Å². The van der Waals surface area contributed by atoms with Gasteiger partial charge in [0.1, 0.15) is 0 Å². The Morgan fingerprint density at radius 1 is 1.11 bits per heavy atom. The lowest BCUT2D eigenvalue weighted by molar-refractivity contribution is -0.117. The molecule has 0 spiro atoms. The smallest absolute Gasteiger partial charge is 0.234 e. The first-order valence-corrected chi connectivity index (χ1v) is 9.76. The van der Waals surface area contributed by atoms with Gasteiger partial charge in [-0.3, -0.25) is 9.59 Å². The van der Waals surface area contributed by atoms with Crippen LogP contribution in [0.4, 0.5) is 11.4 Å². The van der Waals surface area contributed by atoms with E-state index < -0.39 is 5.92 Å². The van der Waals surface area contributed by atoms with Crippen LogP contribution in [0.5, 0.6) is 0 Å². The van der Waals surface area contributed by atoms with E-state index in [4.69, 9.17) is 0 Å². The highest BCUT2D eigenvalue weighted by Gasteiger charge is 2.18. The third-order valence-electron chi connectivity index (χ3n) is 4.34. The Balaban J connectivity index is 1.72. The van der Waals surface area contributed by atoms with Crippen molar-refractivity contribution in [2.45, 2.75) is 13.8 Å². The predicted octanol–water partition coefficient (Wildman–Crippen LogP) is 5.03. The SMILES string of the molecule is C/C(=N/N(C=O)c1ccccc1)C(C)C(=O)Nc1cccc(-c2cccs2)c1. The number of carbonyl (C=O) groups is 2. The number of hydrogen-bond acceptors (Lipinski definition) is 4. The summed E-state index contributed by atoms with van der Waals surface area (Å²) in [7, 11) is 0. The second kappa shape index (κ2) is 9.10. The third-order valence-corrected chi connectivity index (χ3v) is 5.26. The molecule has 0 fully saturated rings. The van der Waals surface area contributed by atoms with Gasteiger partial charge in [0.05, 0.1) is 11.6 Å². The van der Waals surface area contributed by atoms with E-state index in [1.54, 1.807) is 37.3 Å². The molecule has 1 N–H and O–H groups in total. The van der Waals surface area contributed by atoms with Gasteiger partial charge in [0.25, 0.3) is 0 Å². The summed E-state index contributed by atoms with van der Waals surface area (Å²) in [5.74, 6) is -0.667. The molecule has 0 saturated heterocycles. The van der Waals surface area contributed by atoms with Gasteiger partial charge in [0, 0.05) is 16.3 Å². The molecule has 2 amide bonds. The molecule has 1 atom stereocenters. The van der Waals surface area contributed by atoms with E-state index in [0.717, 1.165) is 16.1 Å². The van der Waals surface area contributed by atoms with Crippen molar-refractivity contribution in [2.75, 3.05) is 10.3 Å². The van der Waals surface area contributed by atoms with Crippen molar-refractivity contribution in [1.82, 2.24) is 0 Å². The Bertz CT molecular complexity index is 968. The van der Waals surface area contributed by atoms with Crippen molar-refractivity contribution in [1.29, 1.82) is 0 Å². The minimum absolute atomic E-state index is 0.177. The second-order valence-corrected chi connectivity index (χ2v) is 7.24.